The lowest BCUT2D eigenvalue weighted by Gasteiger charge is -2.34. The Balaban J connectivity index is 1.58. The minimum atomic E-state index is -0.476. The first-order valence-corrected chi connectivity index (χ1v) is 7.78. The number of nitrogens with zero attached hydrogens (tertiary/aromatic N) is 2. The van der Waals surface area contributed by atoms with Crippen molar-refractivity contribution in [1.82, 2.24) is 19.8 Å². The van der Waals surface area contributed by atoms with Gasteiger partial charge in [-0.3, -0.25) is 19.4 Å². The third kappa shape index (κ3) is 3.50. The molecular weight excluding hydrogens is 312 g/mol. The molecule has 3 heterocycles. The molecule has 2 aromatic rings. The van der Waals surface area contributed by atoms with E-state index in [0.717, 1.165) is 26.2 Å². The summed E-state index contributed by atoms with van der Waals surface area (Å²) in [5.74, 6) is -0.457. The summed E-state index contributed by atoms with van der Waals surface area (Å²) < 4.78 is 0. The number of hydrogen-bond acceptors (Lipinski definition) is 6. The largest absolute Gasteiger partial charge is 0.503 e. The van der Waals surface area contributed by atoms with Crippen LogP contribution < -0.4 is 11.1 Å². The van der Waals surface area contributed by atoms with Crippen molar-refractivity contribution in [1.29, 1.82) is 0 Å². The first kappa shape index (κ1) is 16.3. The van der Waals surface area contributed by atoms with Crippen LogP contribution in [-0.4, -0.2) is 56.2 Å². The summed E-state index contributed by atoms with van der Waals surface area (Å²) in [6, 6.07) is 3.41. The van der Waals surface area contributed by atoms with Crippen LogP contribution >= 0.6 is 0 Å². The van der Waals surface area contributed by atoms with E-state index in [1.54, 1.807) is 12.1 Å². The molecule has 8 nitrogen and oxygen atoms in total. The van der Waals surface area contributed by atoms with Gasteiger partial charge in [-0.15, -0.1) is 0 Å². The van der Waals surface area contributed by atoms with Crippen LogP contribution in [0.2, 0.25) is 0 Å². The predicted octanol–water partition coefficient (Wildman–Crippen LogP) is -0.208. The number of hydrogen-bond donors (Lipinski definition) is 4. The third-order valence-corrected chi connectivity index (χ3v) is 4.29. The molecule has 0 aromatic carbocycles. The highest BCUT2D eigenvalue weighted by atomic mass is 16.3. The quantitative estimate of drug-likeness (QED) is 0.616. The van der Waals surface area contributed by atoms with Crippen LogP contribution in [0.25, 0.3) is 0 Å². The Morgan fingerprint density at radius 1 is 0.792 bits per heavy atom. The van der Waals surface area contributed by atoms with Gasteiger partial charge in [0.15, 0.2) is 11.5 Å². The van der Waals surface area contributed by atoms with Gasteiger partial charge in [0.1, 0.15) is 0 Å². The molecule has 0 radical (unpaired) electrons. The highest BCUT2D eigenvalue weighted by Crippen LogP contribution is 2.17. The molecule has 1 saturated heterocycles. The van der Waals surface area contributed by atoms with Crippen molar-refractivity contribution in [3.05, 3.63) is 56.4 Å². The van der Waals surface area contributed by atoms with Gasteiger partial charge < -0.3 is 20.2 Å². The van der Waals surface area contributed by atoms with Crippen LogP contribution in [0.15, 0.2) is 34.1 Å². The van der Waals surface area contributed by atoms with E-state index in [0.29, 0.717) is 24.2 Å². The fourth-order valence-corrected chi connectivity index (χ4v) is 2.86. The number of aromatic hydroxyl groups is 2. The number of aromatic nitrogens is 2. The summed E-state index contributed by atoms with van der Waals surface area (Å²) >= 11 is 0. The molecule has 0 saturated carbocycles. The molecule has 2 aromatic heterocycles. The Bertz CT molecular complexity index is 752. The monoisotopic (exact) mass is 332 g/mol. The molecule has 0 bridgehead atoms. The van der Waals surface area contributed by atoms with Gasteiger partial charge in [0.05, 0.1) is 0 Å². The molecule has 3 rings (SSSR count). The number of piperazine rings is 1. The fourth-order valence-electron chi connectivity index (χ4n) is 2.86. The normalized spacial score (nSPS) is 16.3. The molecule has 0 spiro atoms. The van der Waals surface area contributed by atoms with Gasteiger partial charge in [0, 0.05) is 62.8 Å². The van der Waals surface area contributed by atoms with Gasteiger partial charge in [-0.2, -0.15) is 0 Å². The summed E-state index contributed by atoms with van der Waals surface area (Å²) in [4.78, 5) is 32.0. The lowest BCUT2D eigenvalue weighted by molar-refractivity contribution is 0.120. The van der Waals surface area contributed by atoms with Crippen LogP contribution in [0.3, 0.4) is 0 Å². The molecule has 24 heavy (non-hydrogen) atoms. The van der Waals surface area contributed by atoms with E-state index in [9.17, 15) is 19.8 Å². The molecule has 0 amide bonds. The second-order valence-corrected chi connectivity index (χ2v) is 5.91. The summed E-state index contributed by atoms with van der Waals surface area (Å²) in [5.41, 5.74) is 0.269. The molecular formula is C16H20N4O4. The fraction of sp³-hybridized carbons (Fsp3) is 0.375. The van der Waals surface area contributed by atoms with Crippen LogP contribution in [-0.2, 0) is 13.1 Å². The van der Waals surface area contributed by atoms with Gasteiger partial charge in [0.25, 0.3) is 11.1 Å². The third-order valence-electron chi connectivity index (χ3n) is 4.29. The topological polar surface area (TPSA) is 113 Å². The van der Waals surface area contributed by atoms with Crippen molar-refractivity contribution in [3.8, 4) is 11.5 Å². The van der Waals surface area contributed by atoms with Crippen molar-refractivity contribution in [2.45, 2.75) is 13.1 Å². The van der Waals surface area contributed by atoms with Crippen LogP contribution in [0, 0.1) is 0 Å². The average Bonchev–Trinajstić information content (AvgIpc) is 2.58. The number of pyridine rings is 2. The number of aromatic amines is 2. The Morgan fingerprint density at radius 2 is 1.17 bits per heavy atom. The Kier molecular flexibility index (Phi) is 4.68. The van der Waals surface area contributed by atoms with Gasteiger partial charge in [0.2, 0.25) is 0 Å². The van der Waals surface area contributed by atoms with Crippen molar-refractivity contribution in [3.63, 3.8) is 0 Å². The maximum absolute atomic E-state index is 11.4. The molecule has 128 valence electrons. The highest BCUT2D eigenvalue weighted by Gasteiger charge is 2.19. The molecule has 1 fully saturated rings. The smallest absolute Gasteiger partial charge is 0.290 e. The lowest BCUT2D eigenvalue weighted by atomic mass is 10.2. The van der Waals surface area contributed by atoms with Crippen LogP contribution in [0.1, 0.15) is 11.1 Å². The molecule has 4 N–H and O–H groups in total. The number of H-pyrrole nitrogens is 2. The number of rotatable bonds is 4. The van der Waals surface area contributed by atoms with Crippen molar-refractivity contribution in [2.75, 3.05) is 26.2 Å². The van der Waals surface area contributed by atoms with E-state index in [1.807, 2.05) is 0 Å². The maximum atomic E-state index is 11.4. The molecule has 0 unspecified atom stereocenters. The lowest BCUT2D eigenvalue weighted by Crippen LogP contribution is -2.45. The molecule has 0 aliphatic carbocycles. The van der Waals surface area contributed by atoms with E-state index in [4.69, 9.17) is 0 Å². The average molecular weight is 332 g/mol. The highest BCUT2D eigenvalue weighted by molar-refractivity contribution is 5.29. The first-order valence-electron chi connectivity index (χ1n) is 7.78. The van der Waals surface area contributed by atoms with Gasteiger partial charge in [-0.1, -0.05) is 0 Å². The van der Waals surface area contributed by atoms with Gasteiger partial charge in [-0.05, 0) is 12.1 Å². The van der Waals surface area contributed by atoms with Crippen molar-refractivity contribution >= 4 is 0 Å². The van der Waals surface area contributed by atoms with Crippen molar-refractivity contribution < 1.29 is 10.2 Å². The molecule has 1 aliphatic heterocycles. The zero-order valence-corrected chi connectivity index (χ0v) is 13.2. The zero-order valence-electron chi connectivity index (χ0n) is 13.2. The predicted molar refractivity (Wildman–Crippen MR) is 88.0 cm³/mol. The minimum Gasteiger partial charge on any atom is -0.503 e. The van der Waals surface area contributed by atoms with E-state index < -0.39 is 11.1 Å². The van der Waals surface area contributed by atoms with E-state index in [2.05, 4.69) is 19.8 Å². The zero-order chi connectivity index (χ0) is 17.1. The molecule has 0 atom stereocenters. The standard InChI is InChI=1S/C16H20N4O4/c21-13-11(1-3-17-15(13)23)9-19-5-7-20(8-6-19)10-12-2-4-18-16(24)14(12)22/h1-4,21-22H,5-10H2,(H,17,23)(H,18,24). The van der Waals surface area contributed by atoms with E-state index in [1.165, 1.54) is 12.4 Å². The molecule has 1 aliphatic rings. The maximum Gasteiger partial charge on any atom is 0.290 e. The summed E-state index contributed by atoms with van der Waals surface area (Å²) in [6.07, 6.45) is 3.06. The minimum absolute atomic E-state index is 0.228. The number of nitrogens with one attached hydrogen (secondary N) is 2. The van der Waals surface area contributed by atoms with Gasteiger partial charge in [-0.25, -0.2) is 0 Å². The van der Waals surface area contributed by atoms with Crippen molar-refractivity contribution in [2.24, 2.45) is 0 Å². The Hall–Kier alpha value is -2.58. The molecule has 8 heteroatoms. The van der Waals surface area contributed by atoms with Crippen LogP contribution in [0.5, 0.6) is 11.5 Å². The Morgan fingerprint density at radius 3 is 1.54 bits per heavy atom. The van der Waals surface area contributed by atoms with Crippen LogP contribution in [0.4, 0.5) is 0 Å². The first-order chi connectivity index (χ1) is 11.5. The summed E-state index contributed by atoms with van der Waals surface area (Å²) in [5, 5.41) is 19.6. The second kappa shape index (κ2) is 6.90. The second-order valence-electron chi connectivity index (χ2n) is 5.91. The summed E-state index contributed by atoms with van der Waals surface area (Å²) in [7, 11) is 0. The SMILES string of the molecule is O=c1[nH]ccc(CN2CCN(Cc3cc[nH]c(=O)c3O)CC2)c1O. The van der Waals surface area contributed by atoms with E-state index in [-0.39, 0.29) is 11.5 Å². The summed E-state index contributed by atoms with van der Waals surface area (Å²) in [6.45, 7) is 4.12. The van der Waals surface area contributed by atoms with E-state index >= 15 is 0 Å². The van der Waals surface area contributed by atoms with Gasteiger partial charge >= 0.3 is 0 Å². The Labute approximate surface area is 138 Å².